The average Bonchev–Trinajstić information content (AvgIpc) is 3.57. The molecule has 1 aliphatic rings. The molecule has 160 valence electrons. The van der Waals surface area contributed by atoms with Gasteiger partial charge in [0.05, 0.1) is 18.6 Å². The molecule has 0 aliphatic carbocycles. The Kier molecular flexibility index (Phi) is 8.26. The number of benzene rings is 2. The van der Waals surface area contributed by atoms with E-state index in [2.05, 4.69) is 24.0 Å². The van der Waals surface area contributed by atoms with Crippen LogP contribution in [0, 0.1) is 0 Å². The van der Waals surface area contributed by atoms with E-state index in [0.29, 0.717) is 12.0 Å². The molecule has 4 N–H and O–H groups in total. The predicted molar refractivity (Wildman–Crippen MR) is 116 cm³/mol. The number of ether oxygens (including phenoxy) is 1. The first kappa shape index (κ1) is 23.3. The van der Waals surface area contributed by atoms with Crippen LogP contribution in [-0.2, 0) is 10.2 Å². The summed E-state index contributed by atoms with van der Waals surface area (Å²) in [6.45, 7) is 5.11. The summed E-state index contributed by atoms with van der Waals surface area (Å²) < 4.78 is 4.73. The highest BCUT2D eigenvalue weighted by Gasteiger charge is 2.22. The van der Waals surface area contributed by atoms with Crippen LogP contribution in [0.5, 0.6) is 11.5 Å². The minimum absolute atomic E-state index is 0.151. The maximum absolute atomic E-state index is 10.2. The van der Waals surface area contributed by atoms with E-state index < -0.39 is 0 Å². The van der Waals surface area contributed by atoms with Crippen LogP contribution in [0.4, 0.5) is 0 Å². The van der Waals surface area contributed by atoms with Gasteiger partial charge in [-0.05, 0) is 35.4 Å². The van der Waals surface area contributed by atoms with Crippen LogP contribution in [0.25, 0.3) is 0 Å². The van der Waals surface area contributed by atoms with Gasteiger partial charge in [0.15, 0.2) is 0 Å². The highest BCUT2D eigenvalue weighted by Crippen LogP contribution is 2.32. The second kappa shape index (κ2) is 10.7. The fraction of sp³-hybridized carbons (Fsp3) is 0.273. The van der Waals surface area contributed by atoms with Crippen molar-refractivity contribution in [3.8, 4) is 11.5 Å². The summed E-state index contributed by atoms with van der Waals surface area (Å²) in [5.74, 6) is 1.21. The summed E-state index contributed by atoms with van der Waals surface area (Å²) in [7, 11) is 0. The standard InChI is InChI=1S/C15H16O2.C4H4N2O2.C3H5ClO/c1-15(2,11-3-7-13(16)8-4-11)12-5-9-14(17)10-6-12;7-3-1-2-4(8)6-5-3;4-1-3-2-5-3/h3-10,16-17H,1-2H3;1-2H,(H,5,7)(H,6,8);3H,1-2H2. The summed E-state index contributed by atoms with van der Waals surface area (Å²) in [5.41, 5.74) is 1.50. The first-order valence-corrected chi connectivity index (χ1v) is 9.80. The fourth-order valence-corrected chi connectivity index (χ4v) is 2.62. The highest BCUT2D eigenvalue weighted by atomic mass is 35.5. The van der Waals surface area contributed by atoms with Crippen LogP contribution in [0.15, 0.2) is 70.3 Å². The van der Waals surface area contributed by atoms with E-state index in [1.54, 1.807) is 24.3 Å². The van der Waals surface area contributed by atoms with Crippen molar-refractivity contribution in [2.45, 2.75) is 25.4 Å². The first-order valence-electron chi connectivity index (χ1n) is 9.27. The Morgan fingerprint density at radius 3 is 1.47 bits per heavy atom. The molecule has 0 bridgehead atoms. The van der Waals surface area contributed by atoms with Gasteiger partial charge in [-0.3, -0.25) is 19.8 Å². The van der Waals surface area contributed by atoms with E-state index in [0.717, 1.165) is 17.7 Å². The smallest absolute Gasteiger partial charge is 0.262 e. The zero-order valence-electron chi connectivity index (χ0n) is 16.8. The normalized spacial score (nSPS) is 14.6. The zero-order valence-corrected chi connectivity index (χ0v) is 17.5. The Bertz CT molecular complexity index is 923. The van der Waals surface area contributed by atoms with E-state index in [-0.39, 0.29) is 28.0 Å². The number of phenolic OH excluding ortho intramolecular Hbond substituents is 2. The molecule has 4 rings (SSSR count). The molecular weight excluding hydrogens is 408 g/mol. The number of aromatic nitrogens is 2. The van der Waals surface area contributed by atoms with E-state index in [1.165, 1.54) is 12.1 Å². The Hall–Kier alpha value is -3.03. The Labute approximate surface area is 178 Å². The number of rotatable bonds is 3. The molecular formula is C22H25ClN2O5. The van der Waals surface area contributed by atoms with Gasteiger partial charge in [-0.1, -0.05) is 38.1 Å². The third-order valence-electron chi connectivity index (χ3n) is 4.45. The molecule has 0 amide bonds. The third-order valence-corrected chi connectivity index (χ3v) is 4.79. The molecule has 0 spiro atoms. The van der Waals surface area contributed by atoms with E-state index in [4.69, 9.17) is 16.3 Å². The Morgan fingerprint density at radius 1 is 0.867 bits per heavy atom. The number of aromatic amines is 2. The molecule has 0 saturated carbocycles. The van der Waals surface area contributed by atoms with Crippen molar-refractivity contribution in [2.24, 2.45) is 0 Å². The van der Waals surface area contributed by atoms with Crippen molar-refractivity contribution in [2.75, 3.05) is 12.5 Å². The van der Waals surface area contributed by atoms with Crippen LogP contribution < -0.4 is 11.1 Å². The van der Waals surface area contributed by atoms with Crippen LogP contribution in [0.3, 0.4) is 0 Å². The largest absolute Gasteiger partial charge is 0.508 e. The molecule has 3 aromatic rings. The molecule has 8 heteroatoms. The van der Waals surface area contributed by atoms with E-state index >= 15 is 0 Å². The number of hydrogen-bond donors (Lipinski definition) is 4. The summed E-state index contributed by atoms with van der Waals surface area (Å²) in [6.07, 6.45) is 0.400. The minimum atomic E-state index is -0.301. The van der Waals surface area contributed by atoms with Gasteiger partial charge in [-0.15, -0.1) is 11.6 Å². The molecule has 1 aromatic heterocycles. The van der Waals surface area contributed by atoms with Gasteiger partial charge in [0, 0.05) is 17.5 Å². The second-order valence-corrected chi connectivity index (χ2v) is 7.45. The van der Waals surface area contributed by atoms with Crippen LogP contribution in [-0.4, -0.2) is 39.0 Å². The number of H-pyrrole nitrogens is 2. The molecule has 2 aromatic carbocycles. The summed E-state index contributed by atoms with van der Waals surface area (Å²) in [6, 6.07) is 16.8. The third kappa shape index (κ3) is 7.42. The molecule has 1 unspecified atom stereocenters. The van der Waals surface area contributed by atoms with Gasteiger partial charge in [0.25, 0.3) is 11.1 Å². The van der Waals surface area contributed by atoms with Crippen LogP contribution in [0.1, 0.15) is 25.0 Å². The fourth-order valence-electron chi connectivity index (χ4n) is 2.44. The quantitative estimate of drug-likeness (QED) is 0.374. The van der Waals surface area contributed by atoms with E-state index in [1.807, 2.05) is 24.3 Å². The number of phenols is 2. The topological polar surface area (TPSA) is 119 Å². The molecule has 1 atom stereocenters. The average molecular weight is 433 g/mol. The zero-order chi connectivity index (χ0) is 22.1. The SMILES string of the molecule is CC(C)(c1ccc(O)cc1)c1ccc(O)cc1.ClCC1CO1.O=c1ccc(=O)[nH][nH]1. The highest BCUT2D eigenvalue weighted by molar-refractivity contribution is 6.18. The number of epoxide rings is 1. The predicted octanol–water partition coefficient (Wildman–Crippen LogP) is 3.11. The number of nitrogens with one attached hydrogen (secondary N) is 2. The van der Waals surface area contributed by atoms with Gasteiger partial charge >= 0.3 is 0 Å². The molecule has 1 aliphatic heterocycles. The lowest BCUT2D eigenvalue weighted by Crippen LogP contribution is -2.18. The maximum atomic E-state index is 10.2. The minimum Gasteiger partial charge on any atom is -0.508 e. The summed E-state index contributed by atoms with van der Waals surface area (Å²) in [5, 5.41) is 22.8. The lowest BCUT2D eigenvalue weighted by molar-refractivity contribution is 0.425. The van der Waals surface area contributed by atoms with Crippen molar-refractivity contribution in [1.29, 1.82) is 0 Å². The second-order valence-electron chi connectivity index (χ2n) is 7.14. The Balaban J connectivity index is 0.000000201. The summed E-state index contributed by atoms with van der Waals surface area (Å²) in [4.78, 5) is 20.4. The molecule has 2 heterocycles. The van der Waals surface area contributed by atoms with Gasteiger partial charge in [-0.2, -0.15) is 0 Å². The number of alkyl halides is 1. The van der Waals surface area contributed by atoms with Crippen molar-refractivity contribution >= 4 is 11.6 Å². The maximum Gasteiger partial charge on any atom is 0.262 e. The number of halogens is 1. The van der Waals surface area contributed by atoms with Gasteiger partial charge in [0.1, 0.15) is 11.5 Å². The lowest BCUT2D eigenvalue weighted by Gasteiger charge is -2.26. The number of aromatic hydroxyl groups is 2. The van der Waals surface area contributed by atoms with Gasteiger partial charge in [0.2, 0.25) is 0 Å². The van der Waals surface area contributed by atoms with Crippen molar-refractivity contribution in [3.63, 3.8) is 0 Å². The lowest BCUT2D eigenvalue weighted by atomic mass is 9.78. The summed E-state index contributed by atoms with van der Waals surface area (Å²) >= 11 is 5.27. The van der Waals surface area contributed by atoms with Crippen molar-refractivity contribution in [3.05, 3.63) is 92.5 Å². The first-order chi connectivity index (χ1) is 14.2. The Morgan fingerprint density at radius 2 is 1.23 bits per heavy atom. The molecule has 0 radical (unpaired) electrons. The van der Waals surface area contributed by atoms with Crippen molar-refractivity contribution in [1.82, 2.24) is 10.2 Å². The monoisotopic (exact) mass is 432 g/mol. The molecule has 7 nitrogen and oxygen atoms in total. The molecule has 30 heavy (non-hydrogen) atoms. The van der Waals surface area contributed by atoms with Crippen molar-refractivity contribution < 1.29 is 14.9 Å². The van der Waals surface area contributed by atoms with Gasteiger partial charge < -0.3 is 14.9 Å². The molecule has 1 saturated heterocycles. The number of hydrogen-bond acceptors (Lipinski definition) is 5. The van der Waals surface area contributed by atoms with E-state index in [9.17, 15) is 19.8 Å². The van der Waals surface area contributed by atoms with Gasteiger partial charge in [-0.25, -0.2) is 0 Å². The molecule has 1 fully saturated rings. The van der Waals surface area contributed by atoms with Crippen LogP contribution >= 0.6 is 11.6 Å². The van der Waals surface area contributed by atoms with Crippen LogP contribution in [0.2, 0.25) is 0 Å².